The molecular formula is C18H31N5O3S. The molecule has 3 heterocycles. The van der Waals surface area contributed by atoms with Crippen molar-refractivity contribution in [2.45, 2.75) is 39.8 Å². The molecule has 1 aromatic rings. The maximum Gasteiger partial charge on any atom is 0.225 e. The maximum atomic E-state index is 12.8. The number of nitrogens with zero attached hydrogens (tertiary/aromatic N) is 5. The first-order chi connectivity index (χ1) is 12.8. The third kappa shape index (κ3) is 4.89. The SMILES string of the molecule is CCn1cc(CN2CCN(C(=O)C3CCN(S(C)(=O)=O)CC3)CC2)c(C)n1. The Morgan fingerprint density at radius 1 is 1.15 bits per heavy atom. The van der Waals surface area contributed by atoms with Crippen LogP contribution in [0.1, 0.15) is 31.0 Å². The molecule has 0 N–H and O–H groups in total. The number of carbonyl (C=O) groups excluding carboxylic acids is 1. The molecule has 27 heavy (non-hydrogen) atoms. The molecule has 2 fully saturated rings. The van der Waals surface area contributed by atoms with E-state index in [1.54, 1.807) is 0 Å². The molecule has 0 spiro atoms. The zero-order chi connectivity index (χ0) is 19.6. The summed E-state index contributed by atoms with van der Waals surface area (Å²) < 4.78 is 26.7. The average Bonchev–Trinajstić information content (AvgIpc) is 3.01. The zero-order valence-corrected chi connectivity index (χ0v) is 17.4. The van der Waals surface area contributed by atoms with Gasteiger partial charge in [0.05, 0.1) is 11.9 Å². The third-order valence-electron chi connectivity index (χ3n) is 5.72. The molecule has 0 radical (unpaired) electrons. The van der Waals surface area contributed by atoms with Crippen molar-refractivity contribution in [2.75, 3.05) is 45.5 Å². The molecule has 1 aromatic heterocycles. The quantitative estimate of drug-likeness (QED) is 0.724. The molecule has 0 unspecified atom stereocenters. The third-order valence-corrected chi connectivity index (χ3v) is 7.03. The lowest BCUT2D eigenvalue weighted by Gasteiger charge is -2.38. The summed E-state index contributed by atoms with van der Waals surface area (Å²) in [4.78, 5) is 17.1. The fourth-order valence-corrected chi connectivity index (χ4v) is 4.81. The van der Waals surface area contributed by atoms with Crippen LogP contribution in [0.15, 0.2) is 6.20 Å². The number of aryl methyl sites for hydroxylation is 2. The Labute approximate surface area is 162 Å². The molecule has 1 amide bonds. The standard InChI is InChI=1S/C18H31N5O3S/c1-4-22-14-17(15(2)19-22)13-20-9-11-21(12-10-20)18(24)16-5-7-23(8-6-16)27(3,25)26/h14,16H,4-13H2,1-3H3. The molecule has 3 rings (SSSR count). The molecular weight excluding hydrogens is 366 g/mol. The van der Waals surface area contributed by atoms with Gasteiger partial charge in [-0.1, -0.05) is 0 Å². The van der Waals surface area contributed by atoms with Crippen molar-refractivity contribution >= 4 is 15.9 Å². The predicted molar refractivity (Wildman–Crippen MR) is 104 cm³/mol. The van der Waals surface area contributed by atoms with Crippen molar-refractivity contribution in [1.29, 1.82) is 0 Å². The predicted octanol–water partition coefficient (Wildman–Crippen LogP) is 0.527. The van der Waals surface area contributed by atoms with E-state index >= 15 is 0 Å². The molecule has 2 saturated heterocycles. The molecule has 0 atom stereocenters. The van der Waals surface area contributed by atoms with Gasteiger partial charge in [0.2, 0.25) is 15.9 Å². The van der Waals surface area contributed by atoms with Gasteiger partial charge in [0, 0.05) is 70.0 Å². The smallest absolute Gasteiger partial charge is 0.225 e. The minimum Gasteiger partial charge on any atom is -0.340 e. The van der Waals surface area contributed by atoms with Crippen molar-refractivity contribution in [2.24, 2.45) is 5.92 Å². The van der Waals surface area contributed by atoms with E-state index in [4.69, 9.17) is 0 Å². The van der Waals surface area contributed by atoms with Gasteiger partial charge in [0.15, 0.2) is 0 Å². The highest BCUT2D eigenvalue weighted by atomic mass is 32.2. The summed E-state index contributed by atoms with van der Waals surface area (Å²) in [6.07, 6.45) is 4.60. The second-order valence-corrected chi connectivity index (χ2v) is 9.62. The highest BCUT2D eigenvalue weighted by molar-refractivity contribution is 7.88. The summed E-state index contributed by atoms with van der Waals surface area (Å²) in [6.45, 7) is 10.0. The van der Waals surface area contributed by atoms with Gasteiger partial charge in [-0.15, -0.1) is 0 Å². The van der Waals surface area contributed by atoms with E-state index in [1.807, 2.05) is 16.5 Å². The van der Waals surface area contributed by atoms with Gasteiger partial charge in [0.25, 0.3) is 0 Å². The Morgan fingerprint density at radius 2 is 1.78 bits per heavy atom. The molecule has 2 aliphatic rings. The number of amides is 1. The first kappa shape index (κ1) is 20.3. The number of sulfonamides is 1. The van der Waals surface area contributed by atoms with Crippen LogP contribution in [-0.4, -0.2) is 83.7 Å². The first-order valence-electron chi connectivity index (χ1n) is 9.77. The highest BCUT2D eigenvalue weighted by Crippen LogP contribution is 2.22. The van der Waals surface area contributed by atoms with E-state index in [1.165, 1.54) is 16.1 Å². The summed E-state index contributed by atoms with van der Waals surface area (Å²) in [5.41, 5.74) is 2.33. The zero-order valence-electron chi connectivity index (χ0n) is 16.6. The van der Waals surface area contributed by atoms with Crippen molar-refractivity contribution in [3.05, 3.63) is 17.5 Å². The van der Waals surface area contributed by atoms with Gasteiger partial charge in [-0.25, -0.2) is 12.7 Å². The molecule has 0 aromatic carbocycles. The van der Waals surface area contributed by atoms with Gasteiger partial charge >= 0.3 is 0 Å². The average molecular weight is 398 g/mol. The van der Waals surface area contributed by atoms with Crippen LogP contribution >= 0.6 is 0 Å². The van der Waals surface area contributed by atoms with E-state index in [9.17, 15) is 13.2 Å². The molecule has 9 heteroatoms. The number of hydrogen-bond acceptors (Lipinski definition) is 5. The summed E-state index contributed by atoms with van der Waals surface area (Å²) in [7, 11) is -3.15. The van der Waals surface area contributed by atoms with Gasteiger partial charge in [-0.05, 0) is 26.7 Å². The Balaban J connectivity index is 1.47. The van der Waals surface area contributed by atoms with E-state index in [-0.39, 0.29) is 11.8 Å². The summed E-state index contributed by atoms with van der Waals surface area (Å²) in [5, 5.41) is 4.50. The Kier molecular flexibility index (Phi) is 6.22. The van der Waals surface area contributed by atoms with Gasteiger partial charge in [-0.3, -0.25) is 14.4 Å². The lowest BCUT2D eigenvalue weighted by molar-refractivity contribution is -0.138. The normalized spacial score (nSPS) is 20.9. The minimum absolute atomic E-state index is 0.0421. The topological polar surface area (TPSA) is 78.8 Å². The van der Waals surface area contributed by atoms with Crippen LogP contribution in [0.25, 0.3) is 0 Å². The fraction of sp³-hybridized carbons (Fsp3) is 0.778. The van der Waals surface area contributed by atoms with Crippen LogP contribution < -0.4 is 0 Å². The molecule has 0 saturated carbocycles. The van der Waals surface area contributed by atoms with Crippen LogP contribution in [-0.2, 0) is 27.9 Å². The van der Waals surface area contributed by atoms with Crippen LogP contribution in [0, 0.1) is 12.8 Å². The number of piperazine rings is 1. The fourth-order valence-electron chi connectivity index (χ4n) is 3.94. The first-order valence-corrected chi connectivity index (χ1v) is 11.6. The monoisotopic (exact) mass is 397 g/mol. The van der Waals surface area contributed by atoms with E-state index in [0.29, 0.717) is 25.9 Å². The van der Waals surface area contributed by atoms with Gasteiger partial charge in [0.1, 0.15) is 0 Å². The lowest BCUT2D eigenvalue weighted by Crippen LogP contribution is -2.51. The Bertz CT molecular complexity index is 760. The number of rotatable bonds is 5. The summed E-state index contributed by atoms with van der Waals surface area (Å²) in [6, 6.07) is 0. The largest absolute Gasteiger partial charge is 0.340 e. The minimum atomic E-state index is -3.15. The molecule has 0 aliphatic carbocycles. The second-order valence-electron chi connectivity index (χ2n) is 7.63. The lowest BCUT2D eigenvalue weighted by atomic mass is 9.96. The van der Waals surface area contributed by atoms with Crippen LogP contribution in [0.2, 0.25) is 0 Å². The van der Waals surface area contributed by atoms with Gasteiger partial charge < -0.3 is 4.90 Å². The summed E-state index contributed by atoms with van der Waals surface area (Å²) in [5.74, 6) is 0.150. The second kappa shape index (κ2) is 8.28. The van der Waals surface area contributed by atoms with Crippen molar-refractivity contribution in [3.8, 4) is 0 Å². The van der Waals surface area contributed by atoms with Crippen molar-refractivity contribution in [3.63, 3.8) is 0 Å². The molecule has 8 nitrogen and oxygen atoms in total. The van der Waals surface area contributed by atoms with Crippen molar-refractivity contribution in [1.82, 2.24) is 23.9 Å². The van der Waals surface area contributed by atoms with Crippen LogP contribution in [0.4, 0.5) is 0 Å². The van der Waals surface area contributed by atoms with E-state index in [0.717, 1.165) is 45.0 Å². The Hall–Kier alpha value is -1.45. The Morgan fingerprint density at radius 3 is 2.30 bits per heavy atom. The molecule has 152 valence electrons. The number of piperidine rings is 1. The summed E-state index contributed by atoms with van der Waals surface area (Å²) >= 11 is 0. The molecule has 2 aliphatic heterocycles. The number of aromatic nitrogens is 2. The number of carbonyl (C=O) groups is 1. The van der Waals surface area contributed by atoms with Crippen LogP contribution in [0.5, 0.6) is 0 Å². The number of hydrogen-bond donors (Lipinski definition) is 0. The maximum absolute atomic E-state index is 12.8. The van der Waals surface area contributed by atoms with Crippen LogP contribution in [0.3, 0.4) is 0 Å². The van der Waals surface area contributed by atoms with E-state index < -0.39 is 10.0 Å². The molecule has 0 bridgehead atoms. The van der Waals surface area contributed by atoms with Gasteiger partial charge in [-0.2, -0.15) is 5.10 Å². The highest BCUT2D eigenvalue weighted by Gasteiger charge is 2.32. The van der Waals surface area contributed by atoms with E-state index in [2.05, 4.69) is 23.1 Å². The van der Waals surface area contributed by atoms with Crippen molar-refractivity contribution < 1.29 is 13.2 Å².